The Morgan fingerprint density at radius 3 is 2.21 bits per heavy atom. The van der Waals surface area contributed by atoms with Gasteiger partial charge in [-0.15, -0.1) is 0 Å². The van der Waals surface area contributed by atoms with Gasteiger partial charge in [-0.25, -0.2) is 0 Å². The number of nitrogens with zero attached hydrogens (tertiary/aromatic N) is 1. The molecule has 126 valence electrons. The van der Waals surface area contributed by atoms with Crippen LogP contribution in [0.5, 0.6) is 5.75 Å². The van der Waals surface area contributed by atoms with E-state index in [0.717, 1.165) is 22.4 Å². The highest BCUT2D eigenvalue weighted by Gasteiger charge is 2.15. The molecule has 0 radical (unpaired) electrons. The highest BCUT2D eigenvalue weighted by Crippen LogP contribution is 2.19. The zero-order chi connectivity index (χ0) is 17.7. The molecular weight excluding hydrogens is 304 g/mol. The van der Waals surface area contributed by atoms with Gasteiger partial charge in [0.25, 0.3) is 0 Å². The van der Waals surface area contributed by atoms with Crippen molar-refractivity contribution in [2.45, 2.75) is 20.3 Å². The first kappa shape index (κ1) is 17.5. The van der Waals surface area contributed by atoms with Crippen LogP contribution in [0.25, 0.3) is 0 Å². The van der Waals surface area contributed by atoms with Crippen molar-refractivity contribution in [3.05, 3.63) is 59.2 Å². The summed E-state index contributed by atoms with van der Waals surface area (Å²) >= 11 is 0. The van der Waals surface area contributed by atoms with Gasteiger partial charge in [-0.2, -0.15) is 0 Å². The second kappa shape index (κ2) is 7.64. The number of para-hydroxylation sites is 1. The monoisotopic (exact) mass is 326 g/mol. The smallest absolute Gasteiger partial charge is 0.243 e. The van der Waals surface area contributed by atoms with Gasteiger partial charge in [-0.1, -0.05) is 30.3 Å². The van der Waals surface area contributed by atoms with Gasteiger partial charge in [-0.05, 0) is 42.7 Å². The minimum Gasteiger partial charge on any atom is -0.508 e. The number of phenols is 1. The Labute approximate surface area is 141 Å². The molecule has 0 atom stereocenters. The van der Waals surface area contributed by atoms with Crippen molar-refractivity contribution in [1.29, 1.82) is 0 Å². The number of nitrogens with one attached hydrogen (secondary N) is 1. The van der Waals surface area contributed by atoms with Crippen LogP contribution in [0.1, 0.15) is 16.7 Å². The Balaban J connectivity index is 1.93. The van der Waals surface area contributed by atoms with Crippen LogP contribution in [-0.4, -0.2) is 35.4 Å². The molecule has 2 amide bonds. The Kier molecular flexibility index (Phi) is 5.58. The summed E-state index contributed by atoms with van der Waals surface area (Å²) in [5.74, 6) is -0.223. The summed E-state index contributed by atoms with van der Waals surface area (Å²) in [7, 11) is 1.60. The second-order valence-electron chi connectivity index (χ2n) is 5.91. The van der Waals surface area contributed by atoms with Gasteiger partial charge in [-0.3, -0.25) is 9.59 Å². The van der Waals surface area contributed by atoms with E-state index in [1.165, 1.54) is 17.0 Å². The predicted octanol–water partition coefficient (Wildman–Crippen LogP) is 2.65. The van der Waals surface area contributed by atoms with Crippen molar-refractivity contribution < 1.29 is 14.7 Å². The van der Waals surface area contributed by atoms with E-state index in [0.29, 0.717) is 0 Å². The maximum absolute atomic E-state index is 12.2. The number of carbonyl (C=O) groups is 2. The van der Waals surface area contributed by atoms with Crippen LogP contribution in [0.3, 0.4) is 0 Å². The van der Waals surface area contributed by atoms with Gasteiger partial charge < -0.3 is 15.3 Å². The molecule has 2 aromatic carbocycles. The van der Waals surface area contributed by atoms with Crippen molar-refractivity contribution in [3.63, 3.8) is 0 Å². The van der Waals surface area contributed by atoms with E-state index in [4.69, 9.17) is 0 Å². The fourth-order valence-corrected chi connectivity index (χ4v) is 2.42. The summed E-state index contributed by atoms with van der Waals surface area (Å²) in [4.78, 5) is 25.8. The first-order valence-electron chi connectivity index (χ1n) is 7.74. The van der Waals surface area contributed by atoms with Crippen LogP contribution in [-0.2, 0) is 16.0 Å². The normalized spacial score (nSPS) is 10.3. The Morgan fingerprint density at radius 2 is 1.62 bits per heavy atom. The molecule has 5 heteroatoms. The van der Waals surface area contributed by atoms with Gasteiger partial charge >= 0.3 is 0 Å². The number of hydrogen-bond donors (Lipinski definition) is 2. The number of anilines is 1. The van der Waals surface area contributed by atoms with E-state index in [2.05, 4.69) is 5.32 Å². The molecule has 0 aliphatic rings. The number of benzene rings is 2. The predicted molar refractivity (Wildman–Crippen MR) is 94.0 cm³/mol. The molecule has 0 fully saturated rings. The van der Waals surface area contributed by atoms with Crippen LogP contribution in [0.15, 0.2) is 42.5 Å². The summed E-state index contributed by atoms with van der Waals surface area (Å²) in [6.45, 7) is 3.86. The molecule has 2 aromatic rings. The van der Waals surface area contributed by atoms with Gasteiger partial charge in [0.2, 0.25) is 11.8 Å². The lowest BCUT2D eigenvalue weighted by Crippen LogP contribution is -2.36. The lowest BCUT2D eigenvalue weighted by atomic mass is 10.1. The number of hydrogen-bond acceptors (Lipinski definition) is 3. The standard InChI is InChI=1S/C19H22N2O3/c1-13-5-4-6-14(2)19(13)20-17(23)12-21(3)18(24)11-15-7-9-16(22)10-8-15/h4-10,22H,11-12H2,1-3H3,(H,20,23). The van der Waals surface area contributed by atoms with E-state index < -0.39 is 0 Å². The topological polar surface area (TPSA) is 69.6 Å². The second-order valence-corrected chi connectivity index (χ2v) is 5.91. The number of aryl methyl sites for hydroxylation is 2. The Morgan fingerprint density at radius 1 is 1.04 bits per heavy atom. The molecule has 0 saturated heterocycles. The van der Waals surface area contributed by atoms with Crippen LogP contribution < -0.4 is 5.32 Å². The van der Waals surface area contributed by atoms with Crippen LogP contribution in [0.2, 0.25) is 0 Å². The van der Waals surface area contributed by atoms with Crippen LogP contribution in [0, 0.1) is 13.8 Å². The molecule has 5 nitrogen and oxygen atoms in total. The molecule has 0 saturated carbocycles. The zero-order valence-corrected chi connectivity index (χ0v) is 14.2. The van der Waals surface area contributed by atoms with Crippen LogP contribution >= 0.6 is 0 Å². The number of phenolic OH excluding ortho intramolecular Hbond substituents is 1. The Hall–Kier alpha value is -2.82. The molecule has 0 bridgehead atoms. The molecule has 0 aliphatic heterocycles. The number of carbonyl (C=O) groups excluding carboxylic acids is 2. The average Bonchev–Trinajstić information content (AvgIpc) is 2.53. The molecule has 0 spiro atoms. The fourth-order valence-electron chi connectivity index (χ4n) is 2.42. The molecule has 2 rings (SSSR count). The lowest BCUT2D eigenvalue weighted by Gasteiger charge is -2.18. The van der Waals surface area contributed by atoms with E-state index in [1.807, 2.05) is 32.0 Å². The van der Waals surface area contributed by atoms with Crippen molar-refractivity contribution in [1.82, 2.24) is 4.90 Å². The largest absolute Gasteiger partial charge is 0.508 e. The highest BCUT2D eigenvalue weighted by atomic mass is 16.3. The van der Waals surface area contributed by atoms with Crippen molar-refractivity contribution >= 4 is 17.5 Å². The van der Waals surface area contributed by atoms with Crippen LogP contribution in [0.4, 0.5) is 5.69 Å². The summed E-state index contributed by atoms with van der Waals surface area (Å²) in [6.07, 6.45) is 0.188. The summed E-state index contributed by atoms with van der Waals surface area (Å²) < 4.78 is 0. The number of aromatic hydroxyl groups is 1. The minimum atomic E-state index is -0.228. The highest BCUT2D eigenvalue weighted by molar-refractivity contribution is 5.95. The third-order valence-corrected chi connectivity index (χ3v) is 3.84. The van der Waals surface area contributed by atoms with Gasteiger partial charge in [0.05, 0.1) is 13.0 Å². The van der Waals surface area contributed by atoms with Crippen molar-refractivity contribution in [2.75, 3.05) is 18.9 Å². The first-order valence-corrected chi connectivity index (χ1v) is 7.74. The van der Waals surface area contributed by atoms with E-state index in [-0.39, 0.29) is 30.5 Å². The number of amides is 2. The van der Waals surface area contributed by atoms with E-state index in [9.17, 15) is 14.7 Å². The minimum absolute atomic E-state index is 0.00923. The molecule has 0 heterocycles. The SMILES string of the molecule is Cc1cccc(C)c1NC(=O)CN(C)C(=O)Cc1ccc(O)cc1. The quantitative estimate of drug-likeness (QED) is 0.887. The molecule has 0 aromatic heterocycles. The average molecular weight is 326 g/mol. The Bertz CT molecular complexity index is 719. The molecule has 2 N–H and O–H groups in total. The zero-order valence-electron chi connectivity index (χ0n) is 14.2. The van der Waals surface area contributed by atoms with Crippen molar-refractivity contribution in [3.8, 4) is 5.75 Å². The van der Waals surface area contributed by atoms with E-state index >= 15 is 0 Å². The summed E-state index contributed by atoms with van der Waals surface area (Å²) in [5, 5.41) is 12.1. The van der Waals surface area contributed by atoms with Gasteiger partial charge in [0.15, 0.2) is 0 Å². The molecular formula is C19H22N2O3. The fraction of sp³-hybridized carbons (Fsp3) is 0.263. The molecule has 0 unspecified atom stereocenters. The van der Waals surface area contributed by atoms with Gasteiger partial charge in [0.1, 0.15) is 5.75 Å². The first-order chi connectivity index (χ1) is 11.4. The number of rotatable bonds is 5. The lowest BCUT2D eigenvalue weighted by molar-refractivity contribution is -0.132. The maximum atomic E-state index is 12.2. The molecule has 0 aliphatic carbocycles. The van der Waals surface area contributed by atoms with E-state index in [1.54, 1.807) is 19.2 Å². The third kappa shape index (κ3) is 4.59. The molecule has 24 heavy (non-hydrogen) atoms. The number of likely N-dealkylation sites (N-methyl/N-ethyl adjacent to an activating group) is 1. The van der Waals surface area contributed by atoms with Crippen molar-refractivity contribution in [2.24, 2.45) is 0 Å². The summed E-state index contributed by atoms with van der Waals surface area (Å²) in [6, 6.07) is 12.3. The maximum Gasteiger partial charge on any atom is 0.243 e. The van der Waals surface area contributed by atoms with Gasteiger partial charge in [0, 0.05) is 12.7 Å². The third-order valence-electron chi connectivity index (χ3n) is 3.84. The summed E-state index contributed by atoms with van der Waals surface area (Å²) in [5.41, 5.74) is 3.56.